The summed E-state index contributed by atoms with van der Waals surface area (Å²) in [6.45, 7) is 3.94. The van der Waals surface area contributed by atoms with Crippen molar-refractivity contribution in [2.75, 3.05) is 31.1 Å². The number of anilines is 1. The van der Waals surface area contributed by atoms with Crippen molar-refractivity contribution in [3.05, 3.63) is 59.1 Å². The summed E-state index contributed by atoms with van der Waals surface area (Å²) in [6, 6.07) is 15.2. The zero-order chi connectivity index (χ0) is 18.4. The van der Waals surface area contributed by atoms with Gasteiger partial charge in [0, 0.05) is 26.2 Å². The monoisotopic (exact) mass is 399 g/mol. The van der Waals surface area contributed by atoms with E-state index in [1.165, 1.54) is 10.8 Å². The van der Waals surface area contributed by atoms with Crippen LogP contribution in [-0.4, -0.2) is 45.3 Å². The molecule has 0 unspecified atom stereocenters. The van der Waals surface area contributed by atoms with Crippen molar-refractivity contribution >= 4 is 44.4 Å². The van der Waals surface area contributed by atoms with Gasteiger partial charge in [-0.1, -0.05) is 35.6 Å². The predicted molar refractivity (Wildman–Crippen MR) is 110 cm³/mol. The minimum Gasteiger partial charge on any atom is -0.367 e. The van der Waals surface area contributed by atoms with Crippen molar-refractivity contribution < 1.29 is 4.39 Å². The van der Waals surface area contributed by atoms with Gasteiger partial charge >= 0.3 is 0 Å². The van der Waals surface area contributed by atoms with E-state index in [0.29, 0.717) is 12.4 Å². The number of halogens is 1. The Labute approximate surface area is 164 Å². The van der Waals surface area contributed by atoms with Gasteiger partial charge in [0.25, 0.3) is 0 Å². The Morgan fingerprint density at radius 1 is 1.00 bits per heavy atom. The second kappa shape index (κ2) is 6.70. The minimum absolute atomic E-state index is 0.158. The second-order valence-electron chi connectivity index (χ2n) is 6.67. The van der Waals surface area contributed by atoms with Crippen LogP contribution in [0.1, 0.15) is 0 Å². The van der Waals surface area contributed by atoms with Gasteiger partial charge in [0.05, 0.1) is 22.6 Å². The lowest BCUT2D eigenvalue weighted by Gasteiger charge is -2.35. The Morgan fingerprint density at radius 3 is 2.56 bits per heavy atom. The molecule has 3 heterocycles. The molecule has 4 aromatic rings. The van der Waals surface area contributed by atoms with Gasteiger partial charge in [-0.25, -0.2) is 9.07 Å². The van der Waals surface area contributed by atoms with Crippen LogP contribution in [0.15, 0.2) is 48.5 Å². The zero-order valence-electron chi connectivity index (χ0n) is 14.6. The zero-order valence-corrected chi connectivity index (χ0v) is 16.2. The Hall–Kier alpha value is -2.29. The molecule has 8 heteroatoms. The van der Waals surface area contributed by atoms with Crippen LogP contribution in [0.4, 0.5) is 10.1 Å². The van der Waals surface area contributed by atoms with E-state index < -0.39 is 0 Å². The molecule has 1 fully saturated rings. The van der Waals surface area contributed by atoms with Crippen LogP contribution in [0.5, 0.6) is 0 Å². The highest BCUT2D eigenvalue weighted by atomic mass is 32.1. The Morgan fingerprint density at radius 2 is 1.74 bits per heavy atom. The first-order valence-electron chi connectivity index (χ1n) is 8.90. The van der Waals surface area contributed by atoms with Crippen molar-refractivity contribution in [1.82, 2.24) is 19.1 Å². The number of hydrogen-bond acceptors (Lipinski definition) is 5. The quantitative estimate of drug-likeness (QED) is 0.487. The third-order valence-electron chi connectivity index (χ3n) is 5.02. The topological polar surface area (TPSA) is 28.7 Å². The number of para-hydroxylation sites is 2. The molecule has 2 aromatic heterocycles. The van der Waals surface area contributed by atoms with Gasteiger partial charge in [-0.05, 0) is 36.5 Å². The third kappa shape index (κ3) is 2.93. The highest BCUT2D eigenvalue weighted by molar-refractivity contribution is 7.71. The van der Waals surface area contributed by atoms with Crippen molar-refractivity contribution in [3.63, 3.8) is 0 Å². The van der Waals surface area contributed by atoms with E-state index in [4.69, 9.17) is 17.3 Å². The van der Waals surface area contributed by atoms with Crippen molar-refractivity contribution in [3.8, 4) is 0 Å². The molecule has 0 radical (unpaired) electrons. The molecule has 1 aliphatic rings. The highest BCUT2D eigenvalue weighted by Crippen LogP contribution is 2.26. The number of thiazole rings is 1. The molecule has 0 aliphatic carbocycles. The van der Waals surface area contributed by atoms with Crippen LogP contribution in [0, 0.1) is 10.6 Å². The normalized spacial score (nSPS) is 15.8. The maximum absolute atomic E-state index is 14.0. The first-order chi connectivity index (χ1) is 13.2. The minimum atomic E-state index is -0.158. The fourth-order valence-corrected chi connectivity index (χ4v) is 4.97. The molecule has 138 valence electrons. The first kappa shape index (κ1) is 16.9. The van der Waals surface area contributed by atoms with Gasteiger partial charge in [-0.15, -0.1) is 5.10 Å². The van der Waals surface area contributed by atoms with Gasteiger partial charge < -0.3 is 4.90 Å². The van der Waals surface area contributed by atoms with E-state index in [2.05, 4.69) is 21.9 Å². The second-order valence-corrected chi connectivity index (χ2v) is 8.04. The van der Waals surface area contributed by atoms with Crippen LogP contribution in [-0.2, 0) is 6.67 Å². The summed E-state index contributed by atoms with van der Waals surface area (Å²) in [6.07, 6.45) is 0. The van der Waals surface area contributed by atoms with E-state index in [9.17, 15) is 4.39 Å². The molecular weight excluding hydrogens is 381 g/mol. The van der Waals surface area contributed by atoms with Crippen LogP contribution < -0.4 is 4.90 Å². The molecule has 0 saturated carbocycles. The first-order valence-corrected chi connectivity index (χ1v) is 10.1. The lowest BCUT2D eigenvalue weighted by Crippen LogP contribution is -2.47. The lowest BCUT2D eigenvalue weighted by atomic mass is 10.2. The largest absolute Gasteiger partial charge is 0.367 e. The molecule has 27 heavy (non-hydrogen) atoms. The molecule has 5 nitrogen and oxygen atoms in total. The summed E-state index contributed by atoms with van der Waals surface area (Å²) >= 11 is 7.33. The van der Waals surface area contributed by atoms with E-state index >= 15 is 0 Å². The Kier molecular flexibility index (Phi) is 4.18. The summed E-state index contributed by atoms with van der Waals surface area (Å²) in [5.74, 6) is -0.158. The molecular formula is C19H18FN5S2. The predicted octanol–water partition coefficient (Wildman–Crippen LogP) is 4.00. The lowest BCUT2D eigenvalue weighted by molar-refractivity contribution is 0.194. The van der Waals surface area contributed by atoms with Gasteiger partial charge in [-0.3, -0.25) is 9.30 Å². The van der Waals surface area contributed by atoms with Crippen LogP contribution in [0.25, 0.3) is 15.2 Å². The fourth-order valence-electron chi connectivity index (χ4n) is 3.61. The van der Waals surface area contributed by atoms with Gasteiger partial charge in [0.2, 0.25) is 9.73 Å². The van der Waals surface area contributed by atoms with Gasteiger partial charge in [0.15, 0.2) is 0 Å². The number of hydrogen-bond donors (Lipinski definition) is 0. The van der Waals surface area contributed by atoms with Crippen molar-refractivity contribution in [2.24, 2.45) is 0 Å². The summed E-state index contributed by atoms with van der Waals surface area (Å²) in [4.78, 5) is 5.34. The maximum Gasteiger partial charge on any atom is 0.216 e. The standard InChI is InChI=1S/C19H18FN5S2/c20-14-5-1-2-6-15(14)23-11-9-22(10-12-23)13-24-19(26)25-16-7-3-4-8-17(16)27-18(25)21-24/h1-8H,9-13H2. The van der Waals surface area contributed by atoms with E-state index in [-0.39, 0.29) is 5.82 Å². The Bertz CT molecular complexity index is 1170. The molecule has 0 bridgehead atoms. The van der Waals surface area contributed by atoms with Gasteiger partial charge in [0.1, 0.15) is 5.82 Å². The van der Waals surface area contributed by atoms with Gasteiger partial charge in [-0.2, -0.15) is 0 Å². The average molecular weight is 400 g/mol. The SMILES string of the molecule is Fc1ccccc1N1CCN(Cn2nc3sc4ccccc4n3c2=S)CC1. The molecule has 2 aromatic carbocycles. The molecule has 0 amide bonds. The summed E-state index contributed by atoms with van der Waals surface area (Å²) in [7, 11) is 0. The van der Waals surface area contributed by atoms with Crippen LogP contribution >= 0.6 is 23.6 Å². The third-order valence-corrected chi connectivity index (χ3v) is 6.42. The number of rotatable bonds is 3. The molecule has 0 atom stereocenters. The van der Waals surface area contributed by atoms with Crippen molar-refractivity contribution in [1.29, 1.82) is 0 Å². The van der Waals surface area contributed by atoms with Crippen LogP contribution in [0.3, 0.4) is 0 Å². The smallest absolute Gasteiger partial charge is 0.216 e. The molecule has 0 spiro atoms. The average Bonchev–Trinajstić information content (AvgIpc) is 3.19. The molecule has 1 aliphatic heterocycles. The molecule has 1 saturated heterocycles. The Balaban J connectivity index is 1.34. The molecule has 0 N–H and O–H groups in total. The number of piperazine rings is 1. The number of aromatic nitrogens is 3. The van der Waals surface area contributed by atoms with Crippen molar-refractivity contribution in [2.45, 2.75) is 6.67 Å². The van der Waals surface area contributed by atoms with Crippen LogP contribution in [0.2, 0.25) is 0 Å². The summed E-state index contributed by atoms with van der Waals surface area (Å²) in [5, 5.41) is 4.71. The number of fused-ring (bicyclic) bond motifs is 3. The summed E-state index contributed by atoms with van der Waals surface area (Å²) in [5.41, 5.74) is 1.79. The molecule has 5 rings (SSSR count). The summed E-state index contributed by atoms with van der Waals surface area (Å²) < 4.78 is 19.9. The van der Waals surface area contributed by atoms with E-state index in [0.717, 1.165) is 41.4 Å². The fraction of sp³-hybridized carbons (Fsp3) is 0.263. The number of nitrogens with zero attached hydrogens (tertiary/aromatic N) is 5. The van der Waals surface area contributed by atoms with E-state index in [1.54, 1.807) is 17.4 Å². The number of benzene rings is 2. The van der Waals surface area contributed by atoms with E-state index in [1.807, 2.05) is 33.3 Å². The maximum atomic E-state index is 14.0. The highest BCUT2D eigenvalue weighted by Gasteiger charge is 2.20.